The standard InChI is InChI=1S/C20H17NO3/c22-14-9-8-11-2-1-3-16(15(11)10-14)21-19(23)17-12-4-5-13(7-6-12)18(17)20(21)24/h1-5,8-10,12-13,17-18,22H,6-7H2/t12-,13+,17-,18+. The molecule has 4 nitrogen and oxygen atoms in total. The van der Waals surface area contributed by atoms with Gasteiger partial charge < -0.3 is 5.11 Å². The second kappa shape index (κ2) is 4.69. The highest BCUT2D eigenvalue weighted by Gasteiger charge is 2.57. The van der Waals surface area contributed by atoms with Crippen molar-refractivity contribution in [3.05, 3.63) is 48.6 Å². The maximum Gasteiger partial charge on any atom is 0.238 e. The molecular formula is C20H17NO3. The Bertz CT molecular complexity index is 884. The molecule has 1 heterocycles. The fourth-order valence-electron chi connectivity index (χ4n) is 4.75. The summed E-state index contributed by atoms with van der Waals surface area (Å²) in [5, 5.41) is 11.5. The lowest BCUT2D eigenvalue weighted by Crippen LogP contribution is -2.38. The van der Waals surface area contributed by atoms with E-state index in [4.69, 9.17) is 0 Å². The van der Waals surface area contributed by atoms with Crippen molar-refractivity contribution in [2.24, 2.45) is 23.7 Å². The second-order valence-electron chi connectivity index (χ2n) is 7.04. The molecule has 0 unspecified atom stereocenters. The zero-order chi connectivity index (χ0) is 16.4. The highest BCUT2D eigenvalue weighted by atomic mass is 16.3. The summed E-state index contributed by atoms with van der Waals surface area (Å²) in [6, 6.07) is 10.6. The summed E-state index contributed by atoms with van der Waals surface area (Å²) >= 11 is 0. The van der Waals surface area contributed by atoms with Gasteiger partial charge in [0.25, 0.3) is 0 Å². The van der Waals surface area contributed by atoms with Crippen molar-refractivity contribution in [2.45, 2.75) is 12.8 Å². The number of imide groups is 1. The molecule has 4 aliphatic rings. The smallest absolute Gasteiger partial charge is 0.238 e. The van der Waals surface area contributed by atoms with Crippen LogP contribution in [-0.2, 0) is 9.59 Å². The van der Waals surface area contributed by atoms with Gasteiger partial charge in [-0.2, -0.15) is 0 Å². The number of amides is 2. The van der Waals surface area contributed by atoms with E-state index in [1.807, 2.05) is 12.1 Å². The van der Waals surface area contributed by atoms with Crippen LogP contribution >= 0.6 is 0 Å². The molecule has 1 N–H and O–H groups in total. The number of phenols is 1. The third-order valence-electron chi connectivity index (χ3n) is 5.84. The van der Waals surface area contributed by atoms with Gasteiger partial charge in [0.05, 0.1) is 17.5 Å². The van der Waals surface area contributed by atoms with Gasteiger partial charge in [-0.1, -0.05) is 30.4 Å². The Hall–Kier alpha value is -2.62. The Morgan fingerprint density at radius 3 is 2.21 bits per heavy atom. The number of phenolic OH excluding ortho intramolecular Hbond substituents is 1. The fraction of sp³-hybridized carbons (Fsp3) is 0.300. The molecule has 1 saturated carbocycles. The van der Waals surface area contributed by atoms with Crippen molar-refractivity contribution in [3.8, 4) is 5.75 Å². The number of allylic oxidation sites excluding steroid dienone is 2. The summed E-state index contributed by atoms with van der Waals surface area (Å²) in [6.07, 6.45) is 6.23. The Balaban J connectivity index is 1.67. The zero-order valence-electron chi connectivity index (χ0n) is 13.1. The Morgan fingerprint density at radius 1 is 0.917 bits per heavy atom. The molecule has 2 fully saturated rings. The van der Waals surface area contributed by atoms with E-state index in [2.05, 4.69) is 12.2 Å². The first kappa shape index (κ1) is 13.8. The molecule has 1 saturated heterocycles. The Morgan fingerprint density at radius 2 is 1.58 bits per heavy atom. The topological polar surface area (TPSA) is 57.6 Å². The quantitative estimate of drug-likeness (QED) is 0.648. The van der Waals surface area contributed by atoms with Crippen molar-refractivity contribution in [2.75, 3.05) is 4.90 Å². The predicted octanol–water partition coefficient (Wildman–Crippen LogP) is 3.25. The summed E-state index contributed by atoms with van der Waals surface area (Å²) in [5.74, 6) is -0.0923. The van der Waals surface area contributed by atoms with Gasteiger partial charge in [-0.3, -0.25) is 9.59 Å². The number of hydrogen-bond donors (Lipinski definition) is 1. The van der Waals surface area contributed by atoms with E-state index in [1.165, 1.54) is 4.90 Å². The van der Waals surface area contributed by atoms with Gasteiger partial charge >= 0.3 is 0 Å². The van der Waals surface area contributed by atoms with Crippen LogP contribution < -0.4 is 4.90 Å². The van der Waals surface area contributed by atoms with Gasteiger partial charge in [-0.05, 0) is 48.3 Å². The zero-order valence-corrected chi connectivity index (χ0v) is 13.1. The monoisotopic (exact) mass is 319 g/mol. The number of carbonyl (C=O) groups excluding carboxylic acids is 2. The van der Waals surface area contributed by atoms with E-state index in [0.717, 1.165) is 23.6 Å². The Labute approximate surface area is 139 Å². The van der Waals surface area contributed by atoms with Crippen LogP contribution in [0.5, 0.6) is 5.75 Å². The Kier molecular flexibility index (Phi) is 2.70. The van der Waals surface area contributed by atoms with E-state index in [9.17, 15) is 14.7 Å². The maximum atomic E-state index is 13.1. The number of hydrogen-bond acceptors (Lipinski definition) is 3. The molecule has 4 heteroatoms. The molecule has 0 radical (unpaired) electrons. The lowest BCUT2D eigenvalue weighted by Gasteiger charge is -2.38. The van der Waals surface area contributed by atoms with E-state index in [1.54, 1.807) is 24.3 Å². The first-order valence-corrected chi connectivity index (χ1v) is 8.43. The summed E-state index contributed by atoms with van der Waals surface area (Å²) in [6.45, 7) is 0. The summed E-state index contributed by atoms with van der Waals surface area (Å²) < 4.78 is 0. The molecule has 1 aliphatic heterocycles. The average molecular weight is 319 g/mol. The third kappa shape index (κ3) is 1.68. The maximum absolute atomic E-state index is 13.1. The van der Waals surface area contributed by atoms with Gasteiger partial charge in [0.2, 0.25) is 11.8 Å². The average Bonchev–Trinajstić information content (AvgIpc) is 2.89. The summed E-state index contributed by atoms with van der Waals surface area (Å²) in [4.78, 5) is 27.5. The van der Waals surface area contributed by atoms with Crippen LogP contribution in [-0.4, -0.2) is 16.9 Å². The molecule has 4 atom stereocenters. The van der Waals surface area contributed by atoms with Crippen LogP contribution in [0.4, 0.5) is 5.69 Å². The van der Waals surface area contributed by atoms with Crippen molar-refractivity contribution in [1.29, 1.82) is 0 Å². The molecule has 6 rings (SSSR count). The molecule has 0 spiro atoms. The van der Waals surface area contributed by atoms with Crippen LogP contribution in [0.25, 0.3) is 10.8 Å². The molecule has 2 bridgehead atoms. The van der Waals surface area contributed by atoms with Gasteiger partial charge in [0.1, 0.15) is 5.75 Å². The number of carbonyl (C=O) groups is 2. The molecule has 0 aromatic heterocycles. The molecule has 24 heavy (non-hydrogen) atoms. The second-order valence-corrected chi connectivity index (χ2v) is 7.04. The first-order valence-electron chi connectivity index (χ1n) is 8.43. The minimum atomic E-state index is -0.214. The van der Waals surface area contributed by atoms with Gasteiger partial charge in [-0.15, -0.1) is 0 Å². The largest absolute Gasteiger partial charge is 0.508 e. The third-order valence-corrected chi connectivity index (χ3v) is 5.84. The van der Waals surface area contributed by atoms with E-state index in [-0.39, 0.29) is 41.2 Å². The van der Waals surface area contributed by atoms with E-state index in [0.29, 0.717) is 5.69 Å². The van der Waals surface area contributed by atoms with Gasteiger partial charge in [0.15, 0.2) is 0 Å². The molecule has 2 aromatic carbocycles. The highest BCUT2D eigenvalue weighted by molar-refractivity contribution is 6.25. The number of aromatic hydroxyl groups is 1. The SMILES string of the molecule is O=C1[C@@H]2[C@H](C(=O)N1c1cccc3ccc(O)cc13)[C@@H]1C=C[C@H]2CC1. The minimum Gasteiger partial charge on any atom is -0.508 e. The lowest BCUT2D eigenvalue weighted by atomic mass is 9.63. The normalized spacial score (nSPS) is 31.1. The summed E-state index contributed by atoms with van der Waals surface area (Å²) in [5.41, 5.74) is 0.590. The molecule has 120 valence electrons. The first-order chi connectivity index (χ1) is 11.6. The van der Waals surface area contributed by atoms with Crippen molar-refractivity contribution >= 4 is 28.3 Å². The number of fused-ring (bicyclic) bond motifs is 2. The van der Waals surface area contributed by atoms with Crippen molar-refractivity contribution in [3.63, 3.8) is 0 Å². The molecule has 2 amide bonds. The summed E-state index contributed by atoms with van der Waals surface area (Å²) in [7, 11) is 0. The van der Waals surface area contributed by atoms with Crippen LogP contribution in [0.3, 0.4) is 0 Å². The van der Waals surface area contributed by atoms with E-state index >= 15 is 0 Å². The number of rotatable bonds is 1. The van der Waals surface area contributed by atoms with Crippen LogP contribution in [0.15, 0.2) is 48.6 Å². The molecule has 2 aromatic rings. The van der Waals surface area contributed by atoms with E-state index < -0.39 is 0 Å². The molecular weight excluding hydrogens is 302 g/mol. The predicted molar refractivity (Wildman–Crippen MR) is 90.4 cm³/mol. The lowest BCUT2D eigenvalue weighted by molar-refractivity contribution is -0.124. The van der Waals surface area contributed by atoms with Crippen molar-refractivity contribution in [1.82, 2.24) is 0 Å². The minimum absolute atomic E-state index is 0.0834. The van der Waals surface area contributed by atoms with Crippen LogP contribution in [0, 0.1) is 23.7 Å². The number of anilines is 1. The van der Waals surface area contributed by atoms with Gasteiger partial charge in [0, 0.05) is 5.39 Å². The van der Waals surface area contributed by atoms with Crippen molar-refractivity contribution < 1.29 is 14.7 Å². The van der Waals surface area contributed by atoms with Gasteiger partial charge in [-0.25, -0.2) is 4.90 Å². The van der Waals surface area contributed by atoms with Crippen LogP contribution in [0.2, 0.25) is 0 Å². The van der Waals surface area contributed by atoms with Crippen LogP contribution in [0.1, 0.15) is 12.8 Å². The fourth-order valence-corrected chi connectivity index (χ4v) is 4.75. The number of benzene rings is 2. The molecule has 3 aliphatic carbocycles. The highest BCUT2D eigenvalue weighted by Crippen LogP contribution is 2.51. The number of nitrogens with zero attached hydrogens (tertiary/aromatic N) is 1.